The molecular weight excluding hydrogens is 373 g/mol. The van der Waals surface area contributed by atoms with Crippen molar-refractivity contribution in [2.75, 3.05) is 5.73 Å². The van der Waals surface area contributed by atoms with Crippen molar-refractivity contribution in [2.24, 2.45) is 0 Å². The number of nitrogens with two attached hydrogens (primary N) is 1. The average molecular weight is 391 g/mol. The largest absolute Gasteiger partial charge is 0.399 e. The van der Waals surface area contributed by atoms with E-state index >= 15 is 0 Å². The van der Waals surface area contributed by atoms with E-state index in [0.717, 1.165) is 28.2 Å². The summed E-state index contributed by atoms with van der Waals surface area (Å²) in [6.07, 6.45) is 0. The molecule has 0 spiro atoms. The van der Waals surface area contributed by atoms with Crippen LogP contribution in [0.4, 0.5) is 5.69 Å². The third kappa shape index (κ3) is 2.52. The normalized spacial score (nSPS) is 12.0. The van der Waals surface area contributed by atoms with Gasteiger partial charge in [-0.05, 0) is 52.9 Å². The van der Waals surface area contributed by atoms with Crippen molar-refractivity contribution in [1.82, 2.24) is 9.55 Å². The van der Waals surface area contributed by atoms with Gasteiger partial charge in [-0.15, -0.1) is 0 Å². The van der Waals surface area contributed by atoms with Crippen LogP contribution in [-0.4, -0.2) is 9.55 Å². The van der Waals surface area contributed by atoms with Crippen molar-refractivity contribution in [3.63, 3.8) is 0 Å². The monoisotopic (exact) mass is 391 g/mol. The molecule has 1 aromatic heterocycles. The molecule has 1 heterocycles. The minimum absolute atomic E-state index is 0.0489. The van der Waals surface area contributed by atoms with E-state index in [4.69, 9.17) is 10.7 Å². The fraction of sp³-hybridized carbons (Fsp3) is 0.235. The molecule has 21 heavy (non-hydrogen) atoms. The second-order valence-corrected chi connectivity index (χ2v) is 7.38. The van der Waals surface area contributed by atoms with Gasteiger partial charge >= 0.3 is 0 Å². The van der Waals surface area contributed by atoms with Crippen molar-refractivity contribution >= 4 is 39.3 Å². The Balaban J connectivity index is 2.42. The Labute approximate surface area is 138 Å². The van der Waals surface area contributed by atoms with E-state index in [-0.39, 0.29) is 5.41 Å². The molecule has 2 aromatic carbocycles. The zero-order chi connectivity index (χ0) is 15.2. The lowest BCUT2D eigenvalue weighted by Gasteiger charge is -2.21. The highest BCUT2D eigenvalue weighted by Crippen LogP contribution is 2.32. The highest BCUT2D eigenvalue weighted by molar-refractivity contribution is 14.1. The van der Waals surface area contributed by atoms with Gasteiger partial charge in [-0.1, -0.05) is 32.9 Å². The Kier molecular flexibility index (Phi) is 3.43. The molecule has 3 rings (SSSR count). The minimum Gasteiger partial charge on any atom is -0.399 e. The predicted molar refractivity (Wildman–Crippen MR) is 96.9 cm³/mol. The molecule has 2 N–H and O–H groups in total. The summed E-state index contributed by atoms with van der Waals surface area (Å²) in [5.41, 5.74) is 9.81. The molecule has 0 aliphatic heterocycles. The summed E-state index contributed by atoms with van der Waals surface area (Å²) in [4.78, 5) is 4.84. The van der Waals surface area contributed by atoms with E-state index in [1.54, 1.807) is 0 Å². The van der Waals surface area contributed by atoms with Gasteiger partial charge in [0.25, 0.3) is 0 Å². The van der Waals surface area contributed by atoms with Gasteiger partial charge in [0.2, 0.25) is 0 Å². The number of aromatic nitrogens is 2. The fourth-order valence-electron chi connectivity index (χ4n) is 2.48. The minimum atomic E-state index is -0.0489. The third-order valence-corrected chi connectivity index (χ3v) is 4.35. The van der Waals surface area contributed by atoms with Crippen LogP contribution in [0.2, 0.25) is 0 Å². The highest BCUT2D eigenvalue weighted by atomic mass is 127. The number of para-hydroxylation sites is 1. The first kappa shape index (κ1) is 14.4. The number of hydrogen-bond acceptors (Lipinski definition) is 2. The van der Waals surface area contributed by atoms with Crippen LogP contribution >= 0.6 is 22.6 Å². The molecule has 108 valence electrons. The molecule has 3 nitrogen and oxygen atoms in total. The molecular formula is C17H18IN3. The first-order chi connectivity index (χ1) is 9.88. The first-order valence-electron chi connectivity index (χ1n) is 6.91. The average Bonchev–Trinajstić information content (AvgIpc) is 2.77. The van der Waals surface area contributed by atoms with Gasteiger partial charge in [-0.2, -0.15) is 0 Å². The number of nitrogens with zero attached hydrogens (tertiary/aromatic N) is 2. The number of anilines is 1. The number of halogens is 1. The lowest BCUT2D eigenvalue weighted by molar-refractivity contribution is 0.539. The standard InChI is InChI=1S/C17H18IN3/c1-17(2,3)16-20-13-10-11(19)8-9-15(13)21(16)14-7-5-4-6-12(14)18/h4-10H,19H2,1-3H3. The Morgan fingerprint density at radius 2 is 1.81 bits per heavy atom. The zero-order valence-corrected chi connectivity index (χ0v) is 14.5. The molecule has 0 bridgehead atoms. The van der Waals surface area contributed by atoms with Gasteiger partial charge < -0.3 is 5.73 Å². The van der Waals surface area contributed by atoms with E-state index in [0.29, 0.717) is 0 Å². The van der Waals surface area contributed by atoms with Crippen LogP contribution in [0.15, 0.2) is 42.5 Å². The molecule has 4 heteroatoms. The summed E-state index contributed by atoms with van der Waals surface area (Å²) in [6, 6.07) is 14.3. The Hall–Kier alpha value is -1.56. The summed E-state index contributed by atoms with van der Waals surface area (Å²) in [5.74, 6) is 1.05. The van der Waals surface area contributed by atoms with Gasteiger partial charge in [-0.25, -0.2) is 4.98 Å². The van der Waals surface area contributed by atoms with Crippen LogP contribution in [0.25, 0.3) is 16.7 Å². The van der Waals surface area contributed by atoms with Gasteiger partial charge in [-0.3, -0.25) is 4.57 Å². The van der Waals surface area contributed by atoms with Crippen molar-refractivity contribution in [2.45, 2.75) is 26.2 Å². The Morgan fingerprint density at radius 3 is 2.48 bits per heavy atom. The first-order valence-corrected chi connectivity index (χ1v) is 7.99. The number of hydrogen-bond donors (Lipinski definition) is 1. The molecule has 0 aliphatic rings. The van der Waals surface area contributed by atoms with Crippen LogP contribution in [-0.2, 0) is 5.41 Å². The molecule has 0 atom stereocenters. The molecule has 0 saturated heterocycles. The topological polar surface area (TPSA) is 43.8 Å². The molecule has 0 fully saturated rings. The van der Waals surface area contributed by atoms with Crippen LogP contribution < -0.4 is 5.73 Å². The van der Waals surface area contributed by atoms with Crippen LogP contribution in [0.1, 0.15) is 26.6 Å². The maximum Gasteiger partial charge on any atom is 0.119 e. The van der Waals surface area contributed by atoms with E-state index in [9.17, 15) is 0 Å². The second-order valence-electron chi connectivity index (χ2n) is 6.22. The quantitative estimate of drug-likeness (QED) is 0.490. The summed E-state index contributed by atoms with van der Waals surface area (Å²) < 4.78 is 3.45. The number of rotatable bonds is 1. The maximum atomic E-state index is 5.91. The lowest BCUT2D eigenvalue weighted by atomic mass is 9.95. The fourth-order valence-corrected chi connectivity index (χ4v) is 3.11. The zero-order valence-electron chi connectivity index (χ0n) is 12.4. The summed E-state index contributed by atoms with van der Waals surface area (Å²) in [5, 5.41) is 0. The second kappa shape index (κ2) is 5.02. The van der Waals surface area contributed by atoms with E-state index < -0.39 is 0 Å². The van der Waals surface area contributed by atoms with E-state index in [1.165, 1.54) is 3.57 Å². The Bertz CT molecular complexity index is 813. The summed E-state index contributed by atoms with van der Waals surface area (Å²) in [7, 11) is 0. The van der Waals surface area contributed by atoms with Crippen molar-refractivity contribution in [3.05, 3.63) is 51.9 Å². The molecule has 0 aliphatic carbocycles. The number of benzene rings is 2. The smallest absolute Gasteiger partial charge is 0.119 e. The summed E-state index contributed by atoms with van der Waals surface area (Å²) in [6.45, 7) is 6.55. The molecule has 0 saturated carbocycles. The number of fused-ring (bicyclic) bond motifs is 1. The van der Waals surface area contributed by atoms with Crippen LogP contribution in [0.3, 0.4) is 0 Å². The highest BCUT2D eigenvalue weighted by Gasteiger charge is 2.24. The predicted octanol–water partition coefficient (Wildman–Crippen LogP) is 4.51. The van der Waals surface area contributed by atoms with Crippen molar-refractivity contribution < 1.29 is 0 Å². The van der Waals surface area contributed by atoms with Gasteiger partial charge in [0, 0.05) is 14.7 Å². The SMILES string of the molecule is CC(C)(C)c1nc2cc(N)ccc2n1-c1ccccc1I. The Morgan fingerprint density at radius 1 is 1.10 bits per heavy atom. The van der Waals surface area contributed by atoms with Gasteiger partial charge in [0.1, 0.15) is 5.82 Å². The number of imidazole rings is 1. The van der Waals surface area contributed by atoms with E-state index in [2.05, 4.69) is 78.3 Å². The summed E-state index contributed by atoms with van der Waals surface area (Å²) >= 11 is 2.37. The molecule has 0 radical (unpaired) electrons. The third-order valence-electron chi connectivity index (χ3n) is 3.44. The van der Waals surface area contributed by atoms with E-state index in [1.807, 2.05) is 12.1 Å². The lowest BCUT2D eigenvalue weighted by Crippen LogP contribution is -2.18. The number of nitrogen functional groups attached to an aromatic ring is 1. The van der Waals surface area contributed by atoms with Crippen molar-refractivity contribution in [1.29, 1.82) is 0 Å². The van der Waals surface area contributed by atoms with Crippen molar-refractivity contribution in [3.8, 4) is 5.69 Å². The van der Waals surface area contributed by atoms with Gasteiger partial charge in [0.15, 0.2) is 0 Å². The van der Waals surface area contributed by atoms with Crippen LogP contribution in [0.5, 0.6) is 0 Å². The van der Waals surface area contributed by atoms with Crippen LogP contribution in [0, 0.1) is 3.57 Å². The molecule has 0 amide bonds. The molecule has 3 aromatic rings. The molecule has 0 unspecified atom stereocenters. The maximum absolute atomic E-state index is 5.91. The van der Waals surface area contributed by atoms with Gasteiger partial charge in [0.05, 0.1) is 16.7 Å².